The normalized spacial score (nSPS) is 16.3. The van der Waals surface area contributed by atoms with Crippen LogP contribution in [0, 0.1) is 0 Å². The number of carbonyl (C=O) groups is 2. The second-order valence-corrected chi connectivity index (χ2v) is 8.41. The zero-order valence-electron chi connectivity index (χ0n) is 17.1. The predicted octanol–water partition coefficient (Wildman–Crippen LogP) is 3.46. The highest BCUT2D eigenvalue weighted by Crippen LogP contribution is 2.40. The molecule has 1 saturated heterocycles. The summed E-state index contributed by atoms with van der Waals surface area (Å²) >= 11 is 1.50. The third kappa shape index (κ3) is 3.97. The number of likely N-dealkylation sites (tertiary alicyclic amines) is 1. The van der Waals surface area contributed by atoms with E-state index in [2.05, 4.69) is 16.5 Å². The van der Waals surface area contributed by atoms with Crippen LogP contribution in [0.3, 0.4) is 0 Å². The van der Waals surface area contributed by atoms with Crippen LogP contribution in [0.25, 0.3) is 10.1 Å². The second kappa shape index (κ2) is 8.97. The van der Waals surface area contributed by atoms with E-state index < -0.39 is 0 Å². The Morgan fingerprint density at radius 3 is 2.97 bits per heavy atom. The van der Waals surface area contributed by atoms with Crippen molar-refractivity contribution < 1.29 is 18.8 Å². The molecule has 0 bridgehead atoms. The lowest BCUT2D eigenvalue weighted by Gasteiger charge is -2.16. The molecule has 2 aromatic heterocycles. The van der Waals surface area contributed by atoms with Gasteiger partial charge in [-0.2, -0.15) is 0 Å². The molecule has 0 radical (unpaired) electrons. The first kappa shape index (κ1) is 20.6. The van der Waals surface area contributed by atoms with Gasteiger partial charge in [-0.05, 0) is 29.9 Å². The lowest BCUT2D eigenvalue weighted by Crippen LogP contribution is -2.29. The van der Waals surface area contributed by atoms with E-state index in [0.29, 0.717) is 26.2 Å². The molecule has 1 aromatic carbocycles. The van der Waals surface area contributed by atoms with Gasteiger partial charge in [0.2, 0.25) is 5.76 Å². The maximum atomic E-state index is 12.9. The number of methoxy groups -OCH3 is 1. The Balaban J connectivity index is 1.58. The standard InChI is InChI=1S/C22H25N3O4S/c1-3-15-12-17(29-24-15)22(27)25-10-8-14(13-25)19-16-6-4-5-7-18(16)30-20(19)21(26)23-9-11-28-2/h4-7,12,14H,3,8-11,13H2,1-2H3,(H,23,26)/t14-/m0/s1. The maximum absolute atomic E-state index is 12.9. The van der Waals surface area contributed by atoms with Gasteiger partial charge in [0.1, 0.15) is 0 Å². The van der Waals surface area contributed by atoms with Gasteiger partial charge in [0.15, 0.2) is 0 Å². The zero-order valence-corrected chi connectivity index (χ0v) is 18.0. The smallest absolute Gasteiger partial charge is 0.292 e. The number of aryl methyl sites for hydroxylation is 1. The molecule has 3 heterocycles. The number of amides is 2. The Morgan fingerprint density at radius 2 is 2.20 bits per heavy atom. The van der Waals surface area contributed by atoms with Gasteiger partial charge < -0.3 is 19.5 Å². The molecule has 0 spiro atoms. The van der Waals surface area contributed by atoms with Crippen molar-refractivity contribution in [2.75, 3.05) is 33.4 Å². The summed E-state index contributed by atoms with van der Waals surface area (Å²) in [6.07, 6.45) is 1.53. The van der Waals surface area contributed by atoms with Crippen molar-refractivity contribution >= 4 is 33.2 Å². The number of nitrogens with one attached hydrogen (secondary N) is 1. The highest BCUT2D eigenvalue weighted by molar-refractivity contribution is 7.21. The average molecular weight is 428 g/mol. The van der Waals surface area contributed by atoms with Crippen molar-refractivity contribution in [3.05, 3.63) is 52.2 Å². The molecule has 7 nitrogen and oxygen atoms in total. The van der Waals surface area contributed by atoms with Crippen molar-refractivity contribution in [1.29, 1.82) is 0 Å². The van der Waals surface area contributed by atoms with Gasteiger partial charge in [0, 0.05) is 43.4 Å². The number of benzene rings is 1. The van der Waals surface area contributed by atoms with Gasteiger partial charge in [0.25, 0.3) is 11.8 Å². The van der Waals surface area contributed by atoms with Gasteiger partial charge >= 0.3 is 0 Å². The number of carbonyl (C=O) groups excluding carboxylic acids is 2. The number of ether oxygens (including phenoxy) is 1. The van der Waals surface area contributed by atoms with Crippen LogP contribution in [0.5, 0.6) is 0 Å². The van der Waals surface area contributed by atoms with Crippen molar-refractivity contribution in [2.24, 2.45) is 0 Å². The van der Waals surface area contributed by atoms with Crippen molar-refractivity contribution in [3.8, 4) is 0 Å². The minimum atomic E-state index is -0.143. The van der Waals surface area contributed by atoms with Crippen LogP contribution in [-0.2, 0) is 11.2 Å². The van der Waals surface area contributed by atoms with Gasteiger partial charge in [-0.25, -0.2) is 0 Å². The number of hydrogen-bond donors (Lipinski definition) is 1. The summed E-state index contributed by atoms with van der Waals surface area (Å²) < 4.78 is 11.3. The van der Waals surface area contributed by atoms with Crippen molar-refractivity contribution in [2.45, 2.75) is 25.7 Å². The topological polar surface area (TPSA) is 84.7 Å². The lowest BCUT2D eigenvalue weighted by atomic mass is 9.95. The maximum Gasteiger partial charge on any atom is 0.292 e. The summed E-state index contributed by atoms with van der Waals surface area (Å²) in [5.74, 6) is 0.147. The molecule has 1 aliphatic rings. The Hall–Kier alpha value is -2.71. The molecule has 1 N–H and O–H groups in total. The molecule has 0 aliphatic carbocycles. The third-order valence-corrected chi connectivity index (χ3v) is 6.63. The van der Waals surface area contributed by atoms with E-state index in [9.17, 15) is 9.59 Å². The van der Waals surface area contributed by atoms with Crippen LogP contribution >= 0.6 is 11.3 Å². The van der Waals surface area contributed by atoms with Gasteiger partial charge in [-0.3, -0.25) is 9.59 Å². The fourth-order valence-electron chi connectivity index (χ4n) is 3.90. The van der Waals surface area contributed by atoms with E-state index in [1.165, 1.54) is 11.3 Å². The van der Waals surface area contributed by atoms with Crippen LogP contribution in [-0.4, -0.2) is 55.2 Å². The van der Waals surface area contributed by atoms with Crippen LogP contribution < -0.4 is 5.32 Å². The van der Waals surface area contributed by atoms with E-state index in [-0.39, 0.29) is 23.5 Å². The molecular weight excluding hydrogens is 402 g/mol. The Kier molecular flexibility index (Phi) is 6.15. The molecule has 4 rings (SSSR count). The molecule has 1 aliphatic heterocycles. The van der Waals surface area contributed by atoms with Crippen molar-refractivity contribution in [1.82, 2.24) is 15.4 Å². The first-order valence-electron chi connectivity index (χ1n) is 10.2. The molecule has 2 amide bonds. The SMILES string of the molecule is CCc1cc(C(=O)N2CC[C@H](c3c(C(=O)NCCOC)sc4ccccc34)C2)on1. The third-order valence-electron chi connectivity index (χ3n) is 5.45. The number of hydrogen-bond acceptors (Lipinski definition) is 6. The first-order valence-corrected chi connectivity index (χ1v) is 11.0. The molecule has 1 atom stereocenters. The minimum absolute atomic E-state index is 0.0872. The summed E-state index contributed by atoms with van der Waals surface area (Å²) in [5, 5.41) is 7.95. The quantitative estimate of drug-likeness (QED) is 0.584. The van der Waals surface area contributed by atoms with Crippen LogP contribution in [0.2, 0.25) is 0 Å². The molecular formula is C22H25N3O4S. The fourth-order valence-corrected chi connectivity index (χ4v) is 5.11. The summed E-state index contributed by atoms with van der Waals surface area (Å²) in [6, 6.07) is 9.78. The fraction of sp³-hybridized carbons (Fsp3) is 0.409. The monoisotopic (exact) mass is 427 g/mol. The van der Waals surface area contributed by atoms with E-state index >= 15 is 0 Å². The molecule has 8 heteroatoms. The van der Waals surface area contributed by atoms with Crippen LogP contribution in [0.4, 0.5) is 0 Å². The zero-order chi connectivity index (χ0) is 21.1. The summed E-state index contributed by atoms with van der Waals surface area (Å²) in [7, 11) is 1.61. The second-order valence-electron chi connectivity index (χ2n) is 7.36. The van der Waals surface area contributed by atoms with E-state index in [1.54, 1.807) is 18.1 Å². The number of thiophene rings is 1. The van der Waals surface area contributed by atoms with E-state index in [4.69, 9.17) is 9.26 Å². The molecule has 0 saturated carbocycles. The average Bonchev–Trinajstić information content (AvgIpc) is 3.50. The predicted molar refractivity (Wildman–Crippen MR) is 115 cm³/mol. The van der Waals surface area contributed by atoms with Gasteiger partial charge in [0.05, 0.1) is 17.2 Å². The Bertz CT molecular complexity index is 1060. The largest absolute Gasteiger partial charge is 0.383 e. The summed E-state index contributed by atoms with van der Waals surface area (Å²) in [4.78, 5) is 28.2. The number of fused-ring (bicyclic) bond motifs is 1. The Labute approximate surface area is 179 Å². The number of nitrogens with zero attached hydrogens (tertiary/aromatic N) is 2. The number of rotatable bonds is 7. The minimum Gasteiger partial charge on any atom is -0.383 e. The summed E-state index contributed by atoms with van der Waals surface area (Å²) in [5.41, 5.74) is 1.81. The van der Waals surface area contributed by atoms with Crippen molar-refractivity contribution in [3.63, 3.8) is 0 Å². The van der Waals surface area contributed by atoms with Crippen LogP contribution in [0.1, 0.15) is 50.7 Å². The highest BCUT2D eigenvalue weighted by atomic mass is 32.1. The highest BCUT2D eigenvalue weighted by Gasteiger charge is 2.34. The van der Waals surface area contributed by atoms with E-state index in [0.717, 1.165) is 39.1 Å². The first-order chi connectivity index (χ1) is 14.6. The molecule has 0 unspecified atom stereocenters. The van der Waals surface area contributed by atoms with E-state index in [1.807, 2.05) is 25.1 Å². The molecule has 158 valence electrons. The van der Waals surface area contributed by atoms with Gasteiger partial charge in [-0.1, -0.05) is 30.3 Å². The molecule has 3 aromatic rings. The summed E-state index contributed by atoms with van der Waals surface area (Å²) in [6.45, 7) is 4.08. The molecule has 1 fully saturated rings. The van der Waals surface area contributed by atoms with Crippen LogP contribution in [0.15, 0.2) is 34.9 Å². The molecule has 30 heavy (non-hydrogen) atoms. The lowest BCUT2D eigenvalue weighted by molar-refractivity contribution is 0.0749. The number of aromatic nitrogens is 1. The Morgan fingerprint density at radius 1 is 1.37 bits per heavy atom. The van der Waals surface area contributed by atoms with Gasteiger partial charge in [-0.15, -0.1) is 11.3 Å².